The summed E-state index contributed by atoms with van der Waals surface area (Å²) in [5.74, 6) is 0.236. The van der Waals surface area contributed by atoms with Gasteiger partial charge in [-0.1, -0.05) is 139 Å². The van der Waals surface area contributed by atoms with Crippen LogP contribution in [0.4, 0.5) is 0 Å². The van der Waals surface area contributed by atoms with E-state index in [1.54, 1.807) is 30.3 Å². The molecular weight excluding hydrogens is 609 g/mol. The molecule has 1 heterocycles. The summed E-state index contributed by atoms with van der Waals surface area (Å²) < 4.78 is 55.6. The minimum Gasteiger partial charge on any atom is -0.483 e. The number of ether oxygens (including phenoxy) is 4. The van der Waals surface area contributed by atoms with Gasteiger partial charge in [-0.3, -0.25) is 0 Å². The summed E-state index contributed by atoms with van der Waals surface area (Å²) in [4.78, 5) is 0.179. The molecule has 240 valence electrons. The van der Waals surface area contributed by atoms with Gasteiger partial charge < -0.3 is 18.9 Å². The van der Waals surface area contributed by atoms with E-state index in [0.29, 0.717) is 12.2 Å². The van der Waals surface area contributed by atoms with E-state index in [-0.39, 0.29) is 35.4 Å². The van der Waals surface area contributed by atoms with Crippen LogP contribution in [0.3, 0.4) is 0 Å². The topological polar surface area (TPSA) is 71.1 Å². The molecule has 0 saturated carbocycles. The van der Waals surface area contributed by atoms with Crippen molar-refractivity contribution in [1.29, 1.82) is 0 Å². The maximum Gasteiger partial charge on any atom is 0.209 e. The van der Waals surface area contributed by atoms with Crippen molar-refractivity contribution in [2.24, 2.45) is 0 Å². The molecule has 5 aromatic carbocycles. The van der Waals surface area contributed by atoms with E-state index in [1.807, 2.05) is 122 Å². The molecule has 6 nitrogen and oxygen atoms in total. The Balaban J connectivity index is 1.46. The van der Waals surface area contributed by atoms with Gasteiger partial charge in [-0.05, 0) is 35.7 Å². The minimum absolute atomic E-state index is 0.0286. The molecule has 0 fully saturated rings. The summed E-state index contributed by atoms with van der Waals surface area (Å²) in [6, 6.07) is 45.4. The monoisotopic (exact) mass is 646 g/mol. The molecule has 47 heavy (non-hydrogen) atoms. The molecule has 0 aliphatic carbocycles. The third-order valence-electron chi connectivity index (χ3n) is 8.02. The van der Waals surface area contributed by atoms with Crippen molar-refractivity contribution in [2.45, 2.75) is 50.0 Å². The van der Waals surface area contributed by atoms with Crippen LogP contribution in [-0.4, -0.2) is 33.3 Å². The van der Waals surface area contributed by atoms with Gasteiger partial charge in [0.05, 0.1) is 31.3 Å². The molecule has 0 unspecified atom stereocenters. The maximum absolute atomic E-state index is 14.7. The van der Waals surface area contributed by atoms with Crippen molar-refractivity contribution in [3.63, 3.8) is 0 Å². The summed E-state index contributed by atoms with van der Waals surface area (Å²) in [6.07, 6.45) is -2.52. The lowest BCUT2D eigenvalue weighted by molar-refractivity contribution is -0.143. The molecule has 6 rings (SSSR count). The number of hydrogen-bond donors (Lipinski definition) is 0. The molecule has 0 bridgehead atoms. The van der Waals surface area contributed by atoms with Gasteiger partial charge in [0.15, 0.2) is 6.10 Å². The Bertz CT molecular complexity index is 1840. The molecular formula is C40H38O6S. The Morgan fingerprint density at radius 3 is 1.64 bits per heavy atom. The van der Waals surface area contributed by atoms with Crippen molar-refractivity contribution in [2.75, 3.05) is 6.61 Å². The Labute approximate surface area is 277 Å². The van der Waals surface area contributed by atoms with Crippen molar-refractivity contribution >= 4 is 15.6 Å². The summed E-state index contributed by atoms with van der Waals surface area (Å²) in [6.45, 7) is 2.89. The van der Waals surface area contributed by atoms with Crippen molar-refractivity contribution < 1.29 is 27.4 Å². The van der Waals surface area contributed by atoms with Gasteiger partial charge >= 0.3 is 0 Å². The van der Waals surface area contributed by atoms with Crippen molar-refractivity contribution in [1.82, 2.24) is 0 Å². The molecule has 0 saturated heterocycles. The first-order valence-corrected chi connectivity index (χ1v) is 17.2. The second kappa shape index (κ2) is 15.4. The fraction of sp³-hybridized carbons (Fsp3) is 0.200. The fourth-order valence-corrected chi connectivity index (χ4v) is 7.24. The van der Waals surface area contributed by atoms with Gasteiger partial charge in [0.25, 0.3) is 0 Å². The summed E-state index contributed by atoms with van der Waals surface area (Å²) in [7, 11) is -4.12. The number of rotatable bonds is 13. The van der Waals surface area contributed by atoms with Gasteiger partial charge in [0, 0.05) is 5.56 Å². The second-order valence-corrected chi connectivity index (χ2v) is 13.4. The lowest BCUT2D eigenvalue weighted by Gasteiger charge is -2.40. The highest BCUT2D eigenvalue weighted by atomic mass is 32.2. The van der Waals surface area contributed by atoms with Crippen LogP contribution in [0.25, 0.3) is 5.76 Å². The highest BCUT2D eigenvalue weighted by Gasteiger charge is 2.47. The molecule has 0 aromatic heterocycles. The number of sulfone groups is 1. The van der Waals surface area contributed by atoms with Crippen LogP contribution >= 0.6 is 0 Å². The molecule has 5 aromatic rings. The normalized spacial score (nSPS) is 18.1. The van der Waals surface area contributed by atoms with E-state index in [4.69, 9.17) is 18.9 Å². The average molecular weight is 647 g/mol. The zero-order valence-electron chi connectivity index (χ0n) is 26.3. The smallest absolute Gasteiger partial charge is 0.209 e. The zero-order valence-corrected chi connectivity index (χ0v) is 27.1. The van der Waals surface area contributed by atoms with Gasteiger partial charge in [0.2, 0.25) is 9.84 Å². The van der Waals surface area contributed by atoms with Crippen LogP contribution in [0.5, 0.6) is 0 Å². The molecule has 3 atom stereocenters. The fourth-order valence-electron chi connectivity index (χ4n) is 5.55. The van der Waals surface area contributed by atoms with E-state index in [9.17, 15) is 8.42 Å². The predicted octanol–water partition coefficient (Wildman–Crippen LogP) is 7.92. The molecule has 7 heteroatoms. The maximum atomic E-state index is 14.7. The van der Waals surface area contributed by atoms with E-state index in [1.165, 1.54) is 0 Å². The standard InChI is InChI=1S/C40H38O6S/c1-30-22-24-34(25-23-30)37-40(47(41,42)35-20-12-5-13-21-35)39(45-28-33-18-10-4-11-19-33)38(44-27-32-16-8-3-9-17-32)36(46-37)29-43-26-31-14-6-2-7-15-31/h2-25,36,38-39H,26-29H2,1H3/t36-,38-,39+/m1/s1. The third kappa shape index (κ3) is 8.07. The summed E-state index contributed by atoms with van der Waals surface area (Å²) in [5.41, 5.74) is 4.54. The highest BCUT2D eigenvalue weighted by Crippen LogP contribution is 2.41. The average Bonchev–Trinajstić information content (AvgIpc) is 3.12. The number of aryl methyl sites for hydroxylation is 1. The van der Waals surface area contributed by atoms with Gasteiger partial charge in [-0.25, -0.2) is 8.42 Å². The zero-order chi connectivity index (χ0) is 32.5. The minimum atomic E-state index is -4.12. The SMILES string of the molecule is Cc1ccc(C2=C(S(=O)(=O)c3ccccc3)[C@@H](OCc3ccccc3)[C@H](OCc3ccccc3)[C@@H](COCc3ccccc3)O2)cc1. The van der Waals surface area contributed by atoms with Crippen LogP contribution in [0.15, 0.2) is 155 Å². The van der Waals surface area contributed by atoms with Crippen LogP contribution in [0, 0.1) is 6.92 Å². The predicted molar refractivity (Wildman–Crippen MR) is 183 cm³/mol. The van der Waals surface area contributed by atoms with E-state index in [0.717, 1.165) is 22.3 Å². The first-order valence-electron chi connectivity index (χ1n) is 15.7. The number of benzene rings is 5. The van der Waals surface area contributed by atoms with Gasteiger partial charge in [-0.2, -0.15) is 0 Å². The lowest BCUT2D eigenvalue weighted by Crippen LogP contribution is -2.50. The van der Waals surface area contributed by atoms with E-state index >= 15 is 0 Å². The Hall–Kier alpha value is -4.53. The Morgan fingerprint density at radius 1 is 0.596 bits per heavy atom. The molecule has 0 spiro atoms. The Kier molecular flexibility index (Phi) is 10.6. The van der Waals surface area contributed by atoms with Crippen LogP contribution in [0.1, 0.15) is 27.8 Å². The first kappa shape index (κ1) is 32.4. The molecule has 0 amide bonds. The van der Waals surface area contributed by atoms with Crippen LogP contribution < -0.4 is 0 Å². The second-order valence-electron chi connectivity index (χ2n) is 11.5. The molecule has 1 aliphatic rings. The summed E-state index contributed by atoms with van der Waals surface area (Å²) >= 11 is 0. The van der Waals surface area contributed by atoms with Gasteiger partial charge in [-0.15, -0.1) is 0 Å². The van der Waals surface area contributed by atoms with Gasteiger partial charge in [0.1, 0.15) is 22.9 Å². The molecule has 1 aliphatic heterocycles. The quantitative estimate of drug-likeness (QED) is 0.129. The lowest BCUT2D eigenvalue weighted by atomic mass is 10.00. The van der Waals surface area contributed by atoms with Crippen LogP contribution in [-0.2, 0) is 48.6 Å². The van der Waals surface area contributed by atoms with E-state index in [2.05, 4.69) is 0 Å². The van der Waals surface area contributed by atoms with Crippen LogP contribution in [0.2, 0.25) is 0 Å². The highest BCUT2D eigenvalue weighted by molar-refractivity contribution is 7.95. The van der Waals surface area contributed by atoms with Crippen molar-refractivity contribution in [3.8, 4) is 0 Å². The summed E-state index contributed by atoms with van der Waals surface area (Å²) in [5, 5.41) is 0. The van der Waals surface area contributed by atoms with Crippen molar-refractivity contribution in [3.05, 3.63) is 178 Å². The molecule has 0 N–H and O–H groups in total. The molecule has 0 radical (unpaired) electrons. The number of hydrogen-bond acceptors (Lipinski definition) is 6. The Morgan fingerprint density at radius 2 is 1.09 bits per heavy atom. The first-order chi connectivity index (χ1) is 23.0. The van der Waals surface area contributed by atoms with E-state index < -0.39 is 28.1 Å². The largest absolute Gasteiger partial charge is 0.483 e. The third-order valence-corrected chi connectivity index (χ3v) is 9.91.